The Morgan fingerprint density at radius 3 is 2.79 bits per heavy atom. The number of nitriles is 1. The Hall–Kier alpha value is -2.48. The van der Waals surface area contributed by atoms with Gasteiger partial charge in [-0.15, -0.1) is 0 Å². The zero-order valence-electron chi connectivity index (χ0n) is 11.2. The fourth-order valence-electron chi connectivity index (χ4n) is 2.00. The molecule has 1 atom stereocenters. The van der Waals surface area contributed by atoms with E-state index in [1.807, 2.05) is 23.9 Å². The summed E-state index contributed by atoms with van der Waals surface area (Å²) in [6.07, 6.45) is 1.77. The Morgan fingerprint density at radius 2 is 2.21 bits per heavy atom. The first kappa shape index (κ1) is 13.0. The van der Waals surface area contributed by atoms with E-state index in [4.69, 9.17) is 10.00 Å². The molecule has 1 aromatic carbocycles. The van der Waals surface area contributed by atoms with E-state index in [1.54, 1.807) is 25.4 Å². The van der Waals surface area contributed by atoms with Crippen LogP contribution in [0.2, 0.25) is 0 Å². The molecule has 98 valence electrons. The van der Waals surface area contributed by atoms with Crippen LogP contribution < -0.4 is 10.1 Å². The van der Waals surface area contributed by atoms with E-state index in [1.165, 1.54) is 0 Å². The van der Waals surface area contributed by atoms with Gasteiger partial charge < -0.3 is 10.1 Å². The largest absolute Gasteiger partial charge is 0.495 e. The molecule has 0 bridgehead atoms. The van der Waals surface area contributed by atoms with Crippen LogP contribution in [-0.4, -0.2) is 16.9 Å². The number of benzene rings is 1. The molecule has 2 rings (SSSR count). The number of hydrogen-bond donors (Lipinski definition) is 1. The van der Waals surface area contributed by atoms with Crippen LogP contribution in [0.15, 0.2) is 30.5 Å². The third-order valence-electron chi connectivity index (χ3n) is 3.01. The van der Waals surface area contributed by atoms with Crippen LogP contribution in [0.4, 0.5) is 5.69 Å². The number of methoxy groups -OCH3 is 1. The van der Waals surface area contributed by atoms with E-state index < -0.39 is 0 Å². The normalized spacial score (nSPS) is 11.7. The maximum absolute atomic E-state index is 8.88. The number of nitrogens with zero attached hydrogens (tertiary/aromatic N) is 3. The van der Waals surface area contributed by atoms with Gasteiger partial charge in [0.05, 0.1) is 36.2 Å². The predicted octanol–water partition coefficient (Wildman–Crippen LogP) is 2.47. The molecule has 5 heteroatoms. The molecule has 0 fully saturated rings. The first-order valence-corrected chi connectivity index (χ1v) is 5.98. The molecule has 5 nitrogen and oxygen atoms in total. The van der Waals surface area contributed by atoms with Gasteiger partial charge in [0.25, 0.3) is 0 Å². The molecule has 0 radical (unpaired) electrons. The molecule has 0 aliphatic carbocycles. The molecule has 1 N–H and O–H groups in total. The molecule has 0 saturated carbocycles. The summed E-state index contributed by atoms with van der Waals surface area (Å²) in [5, 5.41) is 16.4. The molecular weight excluding hydrogens is 240 g/mol. The van der Waals surface area contributed by atoms with Gasteiger partial charge in [-0.05, 0) is 25.1 Å². The molecule has 0 amide bonds. The Kier molecular flexibility index (Phi) is 3.71. The maximum Gasteiger partial charge on any atom is 0.143 e. The molecule has 1 unspecified atom stereocenters. The van der Waals surface area contributed by atoms with Crippen LogP contribution in [0.1, 0.15) is 24.2 Å². The number of hydrogen-bond acceptors (Lipinski definition) is 4. The zero-order valence-corrected chi connectivity index (χ0v) is 11.2. The van der Waals surface area contributed by atoms with Crippen LogP contribution in [0.5, 0.6) is 5.75 Å². The fourth-order valence-corrected chi connectivity index (χ4v) is 2.00. The second-order valence-electron chi connectivity index (χ2n) is 4.27. The quantitative estimate of drug-likeness (QED) is 0.912. The summed E-state index contributed by atoms with van der Waals surface area (Å²) in [6, 6.07) is 9.49. The van der Waals surface area contributed by atoms with Gasteiger partial charge in [0.2, 0.25) is 0 Å². The molecule has 1 heterocycles. The average Bonchev–Trinajstić information content (AvgIpc) is 2.85. The smallest absolute Gasteiger partial charge is 0.143 e. The summed E-state index contributed by atoms with van der Waals surface area (Å²) in [5.74, 6) is 0.660. The standard InChI is InChI=1S/C14H16N4O/c1-10(13-6-7-16-18(13)2)17-12-5-4-11(9-15)8-14(12)19-3/h4-8,10,17H,1-3H3. The number of anilines is 1. The van der Waals surface area contributed by atoms with Crippen molar-refractivity contribution < 1.29 is 4.74 Å². The van der Waals surface area contributed by atoms with Gasteiger partial charge >= 0.3 is 0 Å². The SMILES string of the molecule is COc1cc(C#N)ccc1NC(C)c1ccnn1C. The summed E-state index contributed by atoms with van der Waals surface area (Å²) in [4.78, 5) is 0. The van der Waals surface area contributed by atoms with E-state index in [9.17, 15) is 0 Å². The minimum atomic E-state index is 0.0920. The zero-order chi connectivity index (χ0) is 13.8. The van der Waals surface area contributed by atoms with Crippen LogP contribution in [-0.2, 0) is 7.05 Å². The van der Waals surface area contributed by atoms with E-state index in [0.29, 0.717) is 11.3 Å². The number of nitrogens with one attached hydrogen (secondary N) is 1. The van der Waals surface area contributed by atoms with E-state index in [0.717, 1.165) is 11.4 Å². The van der Waals surface area contributed by atoms with Gasteiger partial charge in [0.15, 0.2) is 0 Å². The average molecular weight is 256 g/mol. The Bertz CT molecular complexity index is 612. The minimum absolute atomic E-state index is 0.0920. The number of aromatic nitrogens is 2. The second-order valence-corrected chi connectivity index (χ2v) is 4.27. The van der Waals surface area contributed by atoms with Gasteiger partial charge in [-0.2, -0.15) is 10.4 Å². The third kappa shape index (κ3) is 2.68. The fraction of sp³-hybridized carbons (Fsp3) is 0.286. The molecule has 1 aromatic heterocycles. The van der Waals surface area contributed by atoms with Crippen molar-refractivity contribution in [3.05, 3.63) is 41.7 Å². The maximum atomic E-state index is 8.88. The lowest BCUT2D eigenvalue weighted by atomic mass is 10.1. The van der Waals surface area contributed by atoms with Crippen LogP contribution in [0, 0.1) is 11.3 Å². The van der Waals surface area contributed by atoms with E-state index in [-0.39, 0.29) is 6.04 Å². The summed E-state index contributed by atoms with van der Waals surface area (Å²) >= 11 is 0. The highest BCUT2D eigenvalue weighted by atomic mass is 16.5. The first-order valence-electron chi connectivity index (χ1n) is 5.98. The Morgan fingerprint density at radius 1 is 1.42 bits per heavy atom. The summed E-state index contributed by atoms with van der Waals surface area (Å²) < 4.78 is 7.13. The monoisotopic (exact) mass is 256 g/mol. The Balaban J connectivity index is 2.24. The third-order valence-corrected chi connectivity index (χ3v) is 3.01. The van der Waals surface area contributed by atoms with Crippen molar-refractivity contribution in [3.8, 4) is 11.8 Å². The molecular formula is C14H16N4O. The van der Waals surface area contributed by atoms with Crippen molar-refractivity contribution in [2.24, 2.45) is 7.05 Å². The summed E-state index contributed by atoms with van der Waals surface area (Å²) in [6.45, 7) is 2.05. The van der Waals surface area contributed by atoms with Crippen molar-refractivity contribution >= 4 is 5.69 Å². The first-order chi connectivity index (χ1) is 9.15. The van der Waals surface area contributed by atoms with Gasteiger partial charge in [0, 0.05) is 19.3 Å². The van der Waals surface area contributed by atoms with Crippen molar-refractivity contribution in [2.75, 3.05) is 12.4 Å². The highest BCUT2D eigenvalue weighted by Gasteiger charge is 2.12. The molecule has 0 spiro atoms. The lowest BCUT2D eigenvalue weighted by molar-refractivity contribution is 0.416. The molecule has 2 aromatic rings. The van der Waals surface area contributed by atoms with Crippen molar-refractivity contribution in [1.29, 1.82) is 5.26 Å². The summed E-state index contributed by atoms with van der Waals surface area (Å²) in [7, 11) is 3.50. The van der Waals surface area contributed by atoms with Crippen LogP contribution in [0.3, 0.4) is 0 Å². The van der Waals surface area contributed by atoms with Crippen LogP contribution in [0.25, 0.3) is 0 Å². The number of aryl methyl sites for hydroxylation is 1. The highest BCUT2D eigenvalue weighted by molar-refractivity contribution is 5.60. The van der Waals surface area contributed by atoms with Crippen molar-refractivity contribution in [3.63, 3.8) is 0 Å². The Labute approximate surface area is 112 Å². The number of ether oxygens (including phenoxy) is 1. The van der Waals surface area contributed by atoms with Crippen LogP contribution >= 0.6 is 0 Å². The van der Waals surface area contributed by atoms with E-state index >= 15 is 0 Å². The van der Waals surface area contributed by atoms with Crippen molar-refractivity contribution in [2.45, 2.75) is 13.0 Å². The second kappa shape index (κ2) is 5.44. The molecule has 0 aliphatic rings. The number of rotatable bonds is 4. The molecule has 0 aliphatic heterocycles. The predicted molar refractivity (Wildman–Crippen MR) is 73.0 cm³/mol. The van der Waals surface area contributed by atoms with Gasteiger partial charge in [-0.25, -0.2) is 0 Å². The summed E-state index contributed by atoms with van der Waals surface area (Å²) in [5.41, 5.74) is 2.51. The lowest BCUT2D eigenvalue weighted by Crippen LogP contribution is -2.12. The molecule has 19 heavy (non-hydrogen) atoms. The lowest BCUT2D eigenvalue weighted by Gasteiger charge is -2.17. The van der Waals surface area contributed by atoms with Gasteiger partial charge in [-0.3, -0.25) is 4.68 Å². The van der Waals surface area contributed by atoms with Crippen molar-refractivity contribution in [1.82, 2.24) is 9.78 Å². The minimum Gasteiger partial charge on any atom is -0.495 e. The highest BCUT2D eigenvalue weighted by Crippen LogP contribution is 2.28. The molecule has 0 saturated heterocycles. The van der Waals surface area contributed by atoms with Gasteiger partial charge in [0.1, 0.15) is 5.75 Å². The van der Waals surface area contributed by atoms with Gasteiger partial charge in [-0.1, -0.05) is 0 Å². The topological polar surface area (TPSA) is 62.9 Å². The van der Waals surface area contributed by atoms with E-state index in [2.05, 4.69) is 23.4 Å².